The minimum atomic E-state index is -0.897. The molecule has 0 saturated heterocycles. The van der Waals surface area contributed by atoms with Crippen molar-refractivity contribution in [2.24, 2.45) is 11.5 Å². The second-order valence-electron chi connectivity index (χ2n) is 7.41. The fourth-order valence-electron chi connectivity index (χ4n) is 3.22. The largest absolute Gasteiger partial charge is 0.390 e. The maximum absolute atomic E-state index is 10.0. The molecule has 0 saturated carbocycles. The van der Waals surface area contributed by atoms with Gasteiger partial charge in [-0.3, -0.25) is 0 Å². The van der Waals surface area contributed by atoms with Crippen molar-refractivity contribution in [3.8, 4) is 0 Å². The van der Waals surface area contributed by atoms with E-state index in [1.54, 1.807) is 0 Å². The van der Waals surface area contributed by atoms with Gasteiger partial charge in [0.25, 0.3) is 0 Å². The summed E-state index contributed by atoms with van der Waals surface area (Å²) >= 11 is 0. The number of aliphatic hydroxyl groups excluding tert-OH is 1. The molecule has 0 aliphatic heterocycles. The van der Waals surface area contributed by atoms with Crippen molar-refractivity contribution in [1.82, 2.24) is 0 Å². The lowest BCUT2D eigenvalue weighted by molar-refractivity contribution is 0.0707. The van der Waals surface area contributed by atoms with Gasteiger partial charge in [0.1, 0.15) is 0 Å². The van der Waals surface area contributed by atoms with Gasteiger partial charge in [-0.2, -0.15) is 0 Å². The van der Waals surface area contributed by atoms with Crippen LogP contribution in [0.25, 0.3) is 0 Å². The van der Waals surface area contributed by atoms with E-state index in [4.69, 9.17) is 11.5 Å². The summed E-state index contributed by atoms with van der Waals surface area (Å²) in [6, 6.07) is 0. The van der Waals surface area contributed by atoms with E-state index in [0.29, 0.717) is 6.42 Å². The summed E-state index contributed by atoms with van der Waals surface area (Å²) in [5.74, 6) is 0. The molecule has 0 fully saturated rings. The van der Waals surface area contributed by atoms with Crippen LogP contribution in [0.2, 0.25) is 0 Å². The minimum Gasteiger partial charge on any atom is -0.390 e. The first-order valence-corrected chi connectivity index (χ1v) is 10.3. The van der Waals surface area contributed by atoms with E-state index in [9.17, 15) is 5.11 Å². The molecule has 1 unspecified atom stereocenters. The highest BCUT2D eigenvalue weighted by Crippen LogP contribution is 2.16. The zero-order chi connectivity index (χ0) is 17.4. The Labute approximate surface area is 145 Å². The molecule has 0 heterocycles. The van der Waals surface area contributed by atoms with Gasteiger partial charge in [0.2, 0.25) is 0 Å². The fraction of sp³-hybridized carbons (Fsp3) is 1.00. The number of hydrogen-bond donors (Lipinski definition) is 3. The van der Waals surface area contributed by atoms with Gasteiger partial charge < -0.3 is 16.6 Å². The Morgan fingerprint density at radius 1 is 0.652 bits per heavy atom. The molecule has 0 aliphatic rings. The van der Waals surface area contributed by atoms with E-state index in [1.165, 1.54) is 77.0 Å². The second-order valence-corrected chi connectivity index (χ2v) is 7.41. The molecule has 0 spiro atoms. The molecule has 3 nitrogen and oxygen atoms in total. The summed E-state index contributed by atoms with van der Waals surface area (Å²) in [5.41, 5.74) is 11.0. The Morgan fingerprint density at radius 2 is 1.04 bits per heavy atom. The van der Waals surface area contributed by atoms with E-state index in [0.717, 1.165) is 19.3 Å². The number of hydrogen-bond acceptors (Lipinski definition) is 3. The lowest BCUT2D eigenvalue weighted by atomic mass is 9.94. The van der Waals surface area contributed by atoms with Crippen molar-refractivity contribution in [2.45, 2.75) is 128 Å². The monoisotopic (exact) mass is 328 g/mol. The first kappa shape index (κ1) is 22.9. The van der Waals surface area contributed by atoms with Crippen molar-refractivity contribution in [1.29, 1.82) is 0 Å². The SMILES string of the molecule is CCCCCCCCCCCCCCCC(O)C(N)(N)CCC. The predicted octanol–water partition coefficient (Wildman–Crippen LogP) is 5.24. The molecule has 0 amide bonds. The predicted molar refractivity (Wildman–Crippen MR) is 102 cm³/mol. The summed E-state index contributed by atoms with van der Waals surface area (Å²) in [5, 5.41) is 10.0. The third kappa shape index (κ3) is 14.0. The Kier molecular flexibility index (Phi) is 15.3. The van der Waals surface area contributed by atoms with Crippen LogP contribution in [0.4, 0.5) is 0 Å². The van der Waals surface area contributed by atoms with E-state index < -0.39 is 11.8 Å². The van der Waals surface area contributed by atoms with Gasteiger partial charge >= 0.3 is 0 Å². The number of nitrogens with two attached hydrogens (primary N) is 2. The van der Waals surface area contributed by atoms with Crippen LogP contribution in [0, 0.1) is 0 Å². The molecule has 0 aromatic carbocycles. The molecule has 140 valence electrons. The van der Waals surface area contributed by atoms with Gasteiger partial charge in [-0.1, -0.05) is 104 Å². The number of aliphatic hydroxyl groups is 1. The summed E-state index contributed by atoms with van der Waals surface area (Å²) in [7, 11) is 0. The zero-order valence-electron chi connectivity index (χ0n) is 16.0. The molecule has 0 aromatic rings. The summed E-state index contributed by atoms with van der Waals surface area (Å²) in [6.45, 7) is 4.32. The highest BCUT2D eigenvalue weighted by atomic mass is 16.3. The smallest absolute Gasteiger partial charge is 0.0903 e. The van der Waals surface area contributed by atoms with Crippen LogP contribution in [0.5, 0.6) is 0 Å². The van der Waals surface area contributed by atoms with Crippen molar-refractivity contribution in [2.75, 3.05) is 0 Å². The van der Waals surface area contributed by atoms with Crippen LogP contribution in [0.15, 0.2) is 0 Å². The lowest BCUT2D eigenvalue weighted by Crippen LogP contribution is -2.58. The fourth-order valence-corrected chi connectivity index (χ4v) is 3.22. The van der Waals surface area contributed by atoms with Crippen molar-refractivity contribution in [3.63, 3.8) is 0 Å². The molecule has 0 aliphatic carbocycles. The van der Waals surface area contributed by atoms with Gasteiger partial charge in [-0.25, -0.2) is 0 Å². The van der Waals surface area contributed by atoms with E-state index >= 15 is 0 Å². The third-order valence-corrected chi connectivity index (χ3v) is 4.88. The highest BCUT2D eigenvalue weighted by molar-refractivity contribution is 4.84. The van der Waals surface area contributed by atoms with Gasteiger partial charge in [-0.05, 0) is 12.8 Å². The standard InChI is InChI=1S/C20H44N2O/c1-3-5-6-7-8-9-10-11-12-13-14-15-16-17-19(23)20(21,22)18-4-2/h19,23H,3-18,21-22H2,1-2H3. The Balaban J connectivity index is 3.27. The highest BCUT2D eigenvalue weighted by Gasteiger charge is 2.27. The number of unbranched alkanes of at least 4 members (excludes halogenated alkanes) is 12. The van der Waals surface area contributed by atoms with Crippen molar-refractivity contribution in [3.05, 3.63) is 0 Å². The first-order valence-electron chi connectivity index (χ1n) is 10.3. The molecule has 3 heteroatoms. The summed E-state index contributed by atoms with van der Waals surface area (Å²) in [6.07, 6.45) is 19.2. The van der Waals surface area contributed by atoms with Gasteiger partial charge in [0.05, 0.1) is 11.8 Å². The molecule has 0 aromatic heterocycles. The second kappa shape index (κ2) is 15.4. The van der Waals surface area contributed by atoms with Crippen LogP contribution in [0.3, 0.4) is 0 Å². The molecular formula is C20H44N2O. The Morgan fingerprint density at radius 3 is 1.43 bits per heavy atom. The lowest BCUT2D eigenvalue weighted by Gasteiger charge is -2.29. The van der Waals surface area contributed by atoms with Gasteiger partial charge in [0, 0.05) is 0 Å². The minimum absolute atomic E-state index is 0.560. The maximum Gasteiger partial charge on any atom is 0.0903 e. The average Bonchev–Trinajstić information content (AvgIpc) is 2.51. The molecule has 0 radical (unpaired) electrons. The van der Waals surface area contributed by atoms with Crippen molar-refractivity contribution >= 4 is 0 Å². The first-order chi connectivity index (χ1) is 11.0. The van der Waals surface area contributed by atoms with Crippen LogP contribution in [0.1, 0.15) is 117 Å². The molecule has 0 bridgehead atoms. The molecule has 1 atom stereocenters. The van der Waals surface area contributed by atoms with E-state index in [2.05, 4.69) is 6.92 Å². The summed E-state index contributed by atoms with van der Waals surface area (Å²) in [4.78, 5) is 0. The Bertz CT molecular complexity index is 244. The molecule has 0 rings (SSSR count). The average molecular weight is 329 g/mol. The third-order valence-electron chi connectivity index (χ3n) is 4.88. The van der Waals surface area contributed by atoms with Gasteiger partial charge in [0.15, 0.2) is 0 Å². The molecule has 23 heavy (non-hydrogen) atoms. The molecule has 5 N–H and O–H groups in total. The Hall–Kier alpha value is -0.120. The van der Waals surface area contributed by atoms with Crippen LogP contribution in [-0.4, -0.2) is 16.9 Å². The summed E-state index contributed by atoms with van der Waals surface area (Å²) < 4.78 is 0. The quantitative estimate of drug-likeness (QED) is 0.252. The van der Waals surface area contributed by atoms with Crippen LogP contribution in [-0.2, 0) is 0 Å². The van der Waals surface area contributed by atoms with Crippen molar-refractivity contribution < 1.29 is 5.11 Å². The topological polar surface area (TPSA) is 72.3 Å². The maximum atomic E-state index is 10.0. The zero-order valence-corrected chi connectivity index (χ0v) is 16.0. The normalized spacial score (nSPS) is 13.4. The van der Waals surface area contributed by atoms with Crippen LogP contribution < -0.4 is 11.5 Å². The van der Waals surface area contributed by atoms with E-state index in [1.807, 2.05) is 6.92 Å². The van der Waals surface area contributed by atoms with Gasteiger partial charge in [-0.15, -0.1) is 0 Å². The number of rotatable bonds is 17. The van der Waals surface area contributed by atoms with Crippen LogP contribution >= 0.6 is 0 Å². The molecular weight excluding hydrogens is 284 g/mol. The van der Waals surface area contributed by atoms with E-state index in [-0.39, 0.29) is 0 Å².